The van der Waals surface area contributed by atoms with Crippen molar-refractivity contribution in [3.63, 3.8) is 0 Å². The van der Waals surface area contributed by atoms with Crippen molar-refractivity contribution in [1.82, 2.24) is 4.98 Å². The molecule has 2 heteroatoms. The fraction of sp³-hybridized carbons (Fsp3) is 0.0270. The van der Waals surface area contributed by atoms with Gasteiger partial charge in [-0.25, -0.2) is 0 Å². The molecule has 2 aliphatic rings. The van der Waals surface area contributed by atoms with Gasteiger partial charge in [0, 0.05) is 0 Å². The maximum Gasteiger partial charge on any atom is 0.270 e. The standard InChI is InChI=1S/C37H22N2/c1-38-36-23-27(19-20-39-36)25-10-8-9-24(21-25)26-17-18-31-30-13-4-7-16-34(30)37(35(31)22-26)32-14-5-2-11-28(32)29-12-3-6-15-33(29)37/h2-23H. The van der Waals surface area contributed by atoms with Crippen LogP contribution in [0, 0.1) is 6.57 Å². The first-order chi connectivity index (χ1) is 19.3. The fourth-order valence-corrected chi connectivity index (χ4v) is 6.81. The Morgan fingerprint density at radius 2 is 0.974 bits per heavy atom. The molecule has 2 aliphatic carbocycles. The van der Waals surface area contributed by atoms with Crippen molar-refractivity contribution in [2.45, 2.75) is 5.41 Å². The molecule has 5 aromatic carbocycles. The summed E-state index contributed by atoms with van der Waals surface area (Å²) >= 11 is 0. The van der Waals surface area contributed by atoms with E-state index in [1.807, 2.05) is 12.1 Å². The third kappa shape index (κ3) is 2.93. The van der Waals surface area contributed by atoms with Crippen molar-refractivity contribution in [3.05, 3.63) is 167 Å². The Hall–Kier alpha value is -5.26. The van der Waals surface area contributed by atoms with Crippen molar-refractivity contribution < 1.29 is 0 Å². The zero-order valence-corrected chi connectivity index (χ0v) is 21.1. The van der Waals surface area contributed by atoms with E-state index in [1.54, 1.807) is 6.20 Å². The van der Waals surface area contributed by atoms with E-state index in [0.29, 0.717) is 5.82 Å². The highest BCUT2D eigenvalue weighted by Crippen LogP contribution is 2.62. The smallest absolute Gasteiger partial charge is 0.270 e. The van der Waals surface area contributed by atoms with Crippen molar-refractivity contribution in [3.8, 4) is 44.5 Å². The molecule has 0 aliphatic heterocycles. The van der Waals surface area contributed by atoms with Gasteiger partial charge in [0.2, 0.25) is 0 Å². The van der Waals surface area contributed by atoms with Crippen LogP contribution in [0.4, 0.5) is 5.82 Å². The highest BCUT2D eigenvalue weighted by Gasteiger charge is 2.51. The molecule has 0 saturated carbocycles. The molecule has 2 nitrogen and oxygen atoms in total. The second-order valence-corrected chi connectivity index (χ2v) is 10.2. The lowest BCUT2D eigenvalue weighted by Crippen LogP contribution is -2.25. The van der Waals surface area contributed by atoms with E-state index in [4.69, 9.17) is 6.57 Å². The predicted octanol–water partition coefficient (Wildman–Crippen LogP) is 9.31. The summed E-state index contributed by atoms with van der Waals surface area (Å²) in [7, 11) is 0. The summed E-state index contributed by atoms with van der Waals surface area (Å²) in [5.74, 6) is 0.411. The second-order valence-electron chi connectivity index (χ2n) is 10.2. The molecule has 0 unspecified atom stereocenters. The van der Waals surface area contributed by atoms with Crippen LogP contribution in [0.5, 0.6) is 0 Å². The topological polar surface area (TPSA) is 17.2 Å². The molecule has 0 amide bonds. The highest BCUT2D eigenvalue weighted by molar-refractivity contribution is 5.96. The van der Waals surface area contributed by atoms with E-state index in [-0.39, 0.29) is 5.41 Å². The maximum atomic E-state index is 7.35. The Kier molecular flexibility index (Phi) is 4.54. The highest BCUT2D eigenvalue weighted by atomic mass is 14.8. The Labute approximate surface area is 227 Å². The fourth-order valence-electron chi connectivity index (χ4n) is 6.81. The molecule has 1 aromatic heterocycles. The maximum absolute atomic E-state index is 7.35. The normalized spacial score (nSPS) is 13.3. The molecular weight excluding hydrogens is 472 g/mol. The minimum absolute atomic E-state index is 0.345. The van der Waals surface area contributed by atoms with Crippen LogP contribution in [0.3, 0.4) is 0 Å². The SMILES string of the molecule is [C-]#[N+]c1cc(-c2cccc(-c3ccc4c(c3)C3(c5ccccc5-c5ccccc53)c3ccccc3-4)c2)ccn1. The van der Waals surface area contributed by atoms with Gasteiger partial charge in [-0.3, -0.25) is 0 Å². The molecular formula is C37H22N2. The largest absolute Gasteiger partial charge is 0.361 e. The van der Waals surface area contributed by atoms with Crippen LogP contribution >= 0.6 is 0 Å². The molecule has 0 bridgehead atoms. The first-order valence-corrected chi connectivity index (χ1v) is 13.2. The van der Waals surface area contributed by atoms with Crippen LogP contribution in [0.15, 0.2) is 134 Å². The van der Waals surface area contributed by atoms with Crippen LogP contribution in [-0.4, -0.2) is 4.98 Å². The lowest BCUT2D eigenvalue weighted by atomic mass is 9.70. The molecule has 1 heterocycles. The van der Waals surface area contributed by atoms with Gasteiger partial charge in [-0.2, -0.15) is 0 Å². The lowest BCUT2D eigenvalue weighted by Gasteiger charge is -2.30. The molecule has 6 aromatic rings. The molecule has 0 atom stereocenters. The lowest BCUT2D eigenvalue weighted by molar-refractivity contribution is 0.794. The van der Waals surface area contributed by atoms with Gasteiger partial charge in [-0.15, -0.1) is 4.98 Å². The number of pyridine rings is 1. The van der Waals surface area contributed by atoms with Gasteiger partial charge < -0.3 is 4.85 Å². The monoisotopic (exact) mass is 494 g/mol. The summed E-state index contributed by atoms with van der Waals surface area (Å²) < 4.78 is 0. The van der Waals surface area contributed by atoms with Gasteiger partial charge in [0.1, 0.15) is 6.20 Å². The van der Waals surface area contributed by atoms with E-state index in [0.717, 1.165) is 16.7 Å². The molecule has 1 spiro atoms. The first-order valence-electron chi connectivity index (χ1n) is 13.2. The summed E-state index contributed by atoms with van der Waals surface area (Å²) in [6.07, 6.45) is 1.71. The van der Waals surface area contributed by atoms with Crippen molar-refractivity contribution in [2.75, 3.05) is 0 Å². The number of fused-ring (bicyclic) bond motifs is 10. The number of aromatic nitrogens is 1. The van der Waals surface area contributed by atoms with Crippen LogP contribution < -0.4 is 0 Å². The van der Waals surface area contributed by atoms with E-state index >= 15 is 0 Å². The zero-order valence-electron chi connectivity index (χ0n) is 21.1. The predicted molar refractivity (Wildman–Crippen MR) is 158 cm³/mol. The van der Waals surface area contributed by atoms with E-state index in [2.05, 4.69) is 125 Å². The number of hydrogen-bond acceptors (Lipinski definition) is 1. The summed E-state index contributed by atoms with van der Waals surface area (Å²) in [5.41, 5.74) is 14.7. The zero-order chi connectivity index (χ0) is 26.0. The van der Waals surface area contributed by atoms with Gasteiger partial charge in [0.15, 0.2) is 0 Å². The van der Waals surface area contributed by atoms with Crippen LogP contribution in [0.1, 0.15) is 22.3 Å². The summed E-state index contributed by atoms with van der Waals surface area (Å²) in [4.78, 5) is 7.66. The molecule has 8 rings (SSSR count). The van der Waals surface area contributed by atoms with E-state index < -0.39 is 0 Å². The number of hydrogen-bond donors (Lipinski definition) is 0. The summed E-state index contributed by atoms with van der Waals surface area (Å²) in [5, 5.41) is 0. The van der Waals surface area contributed by atoms with Crippen molar-refractivity contribution in [2.24, 2.45) is 0 Å². The molecule has 0 saturated heterocycles. The molecule has 0 radical (unpaired) electrons. The van der Waals surface area contributed by atoms with Gasteiger partial charge >= 0.3 is 0 Å². The number of benzene rings is 5. The average Bonchev–Trinajstić information content (AvgIpc) is 3.48. The van der Waals surface area contributed by atoms with E-state index in [9.17, 15) is 0 Å². The van der Waals surface area contributed by atoms with Gasteiger partial charge in [0.25, 0.3) is 5.82 Å². The molecule has 0 fully saturated rings. The van der Waals surface area contributed by atoms with Crippen LogP contribution in [-0.2, 0) is 5.41 Å². The van der Waals surface area contributed by atoms with Crippen molar-refractivity contribution in [1.29, 1.82) is 0 Å². The third-order valence-corrected chi connectivity index (χ3v) is 8.39. The van der Waals surface area contributed by atoms with Crippen LogP contribution in [0.25, 0.3) is 49.4 Å². The van der Waals surface area contributed by atoms with Gasteiger partial charge in [-0.1, -0.05) is 110 Å². The quantitative estimate of drug-likeness (QED) is 0.219. The Bertz CT molecular complexity index is 1930. The minimum Gasteiger partial charge on any atom is -0.361 e. The number of rotatable bonds is 2. The molecule has 180 valence electrons. The molecule has 0 N–H and O–H groups in total. The molecule has 39 heavy (non-hydrogen) atoms. The Balaban J connectivity index is 1.38. The summed E-state index contributed by atoms with van der Waals surface area (Å²) in [6, 6.07) is 46.1. The number of nitrogens with zero attached hydrogens (tertiary/aromatic N) is 2. The third-order valence-electron chi connectivity index (χ3n) is 8.39. The van der Waals surface area contributed by atoms with Gasteiger partial charge in [-0.05, 0) is 91.0 Å². The second kappa shape index (κ2) is 8.12. The minimum atomic E-state index is -0.345. The first kappa shape index (κ1) is 21.8. The average molecular weight is 495 g/mol. The van der Waals surface area contributed by atoms with E-state index in [1.165, 1.54) is 50.1 Å². The van der Waals surface area contributed by atoms with Crippen molar-refractivity contribution >= 4 is 5.82 Å². The van der Waals surface area contributed by atoms with Gasteiger partial charge in [0.05, 0.1) is 5.41 Å². The Morgan fingerprint density at radius 1 is 0.462 bits per heavy atom. The summed E-state index contributed by atoms with van der Waals surface area (Å²) in [6.45, 7) is 7.35. The van der Waals surface area contributed by atoms with Crippen LogP contribution in [0.2, 0.25) is 0 Å². The Morgan fingerprint density at radius 3 is 1.56 bits per heavy atom.